The quantitative estimate of drug-likeness (QED) is 0.712. The highest BCUT2D eigenvalue weighted by Gasteiger charge is 2.50. The molecule has 0 aromatic rings. The van der Waals surface area contributed by atoms with Crippen LogP contribution in [0.4, 0.5) is 0 Å². The normalized spacial score (nSPS) is 27.1. The van der Waals surface area contributed by atoms with Crippen molar-refractivity contribution in [2.45, 2.75) is 38.1 Å². The van der Waals surface area contributed by atoms with Crippen LogP contribution in [0.25, 0.3) is 0 Å². The average Bonchev–Trinajstić information content (AvgIpc) is 2.98. The van der Waals surface area contributed by atoms with E-state index in [2.05, 4.69) is 12.2 Å². The first-order chi connectivity index (χ1) is 7.10. The molecule has 1 saturated carbocycles. The molecule has 15 heavy (non-hydrogen) atoms. The molecule has 0 aromatic carbocycles. The van der Waals surface area contributed by atoms with Gasteiger partial charge in [-0.2, -0.15) is 0 Å². The van der Waals surface area contributed by atoms with Crippen molar-refractivity contribution in [3.05, 3.63) is 0 Å². The molecule has 0 radical (unpaired) electrons. The van der Waals surface area contributed by atoms with Crippen molar-refractivity contribution in [1.29, 1.82) is 0 Å². The molecule has 86 valence electrons. The minimum atomic E-state index is -0.235. The van der Waals surface area contributed by atoms with E-state index in [1.54, 1.807) is 0 Å². The SMILES string of the molecule is CC1(NC(=O)C2(CN)CC2)CCOCC1. The van der Waals surface area contributed by atoms with E-state index in [-0.39, 0.29) is 16.9 Å². The van der Waals surface area contributed by atoms with E-state index >= 15 is 0 Å². The van der Waals surface area contributed by atoms with Gasteiger partial charge in [-0.25, -0.2) is 0 Å². The minimum Gasteiger partial charge on any atom is -0.381 e. The zero-order valence-electron chi connectivity index (χ0n) is 9.34. The predicted octanol–water partition coefficient (Wildman–Crippen LogP) is 0.411. The number of carbonyl (C=O) groups excluding carboxylic acids is 1. The highest BCUT2D eigenvalue weighted by atomic mass is 16.5. The Labute approximate surface area is 90.5 Å². The molecule has 4 nitrogen and oxygen atoms in total. The molecular weight excluding hydrogens is 192 g/mol. The lowest BCUT2D eigenvalue weighted by molar-refractivity contribution is -0.129. The van der Waals surface area contributed by atoms with Crippen molar-refractivity contribution in [2.75, 3.05) is 19.8 Å². The lowest BCUT2D eigenvalue weighted by Crippen LogP contribution is -2.52. The van der Waals surface area contributed by atoms with Gasteiger partial charge < -0.3 is 15.8 Å². The van der Waals surface area contributed by atoms with Crippen molar-refractivity contribution in [3.63, 3.8) is 0 Å². The fraction of sp³-hybridized carbons (Fsp3) is 0.909. The first-order valence-corrected chi connectivity index (χ1v) is 5.71. The predicted molar refractivity (Wildman–Crippen MR) is 57.3 cm³/mol. The number of hydrogen-bond donors (Lipinski definition) is 2. The minimum absolute atomic E-state index is 0.0832. The third-order valence-corrected chi connectivity index (χ3v) is 3.74. The van der Waals surface area contributed by atoms with Gasteiger partial charge in [-0.1, -0.05) is 0 Å². The third kappa shape index (κ3) is 2.16. The highest BCUT2D eigenvalue weighted by molar-refractivity contribution is 5.86. The number of amides is 1. The molecule has 0 atom stereocenters. The summed E-state index contributed by atoms with van der Waals surface area (Å²) >= 11 is 0. The Kier molecular flexibility index (Phi) is 2.73. The Morgan fingerprint density at radius 3 is 2.40 bits per heavy atom. The number of ether oxygens (including phenoxy) is 1. The van der Waals surface area contributed by atoms with E-state index in [9.17, 15) is 4.79 Å². The Morgan fingerprint density at radius 1 is 1.33 bits per heavy atom. The van der Waals surface area contributed by atoms with Crippen LogP contribution in [0.5, 0.6) is 0 Å². The summed E-state index contributed by atoms with van der Waals surface area (Å²) in [7, 11) is 0. The largest absolute Gasteiger partial charge is 0.381 e. The smallest absolute Gasteiger partial charge is 0.227 e. The maximum Gasteiger partial charge on any atom is 0.227 e. The lowest BCUT2D eigenvalue weighted by atomic mass is 9.91. The molecule has 2 aliphatic rings. The third-order valence-electron chi connectivity index (χ3n) is 3.74. The van der Waals surface area contributed by atoms with Crippen molar-refractivity contribution in [1.82, 2.24) is 5.32 Å². The van der Waals surface area contributed by atoms with Crippen LogP contribution in [0.3, 0.4) is 0 Å². The van der Waals surface area contributed by atoms with Gasteiger partial charge in [-0.15, -0.1) is 0 Å². The number of nitrogens with two attached hydrogens (primary N) is 1. The number of hydrogen-bond acceptors (Lipinski definition) is 3. The van der Waals surface area contributed by atoms with Gasteiger partial charge in [0.1, 0.15) is 0 Å². The molecule has 0 unspecified atom stereocenters. The molecule has 1 aliphatic heterocycles. The number of rotatable bonds is 3. The second-order valence-corrected chi connectivity index (χ2v) is 5.11. The highest BCUT2D eigenvalue weighted by Crippen LogP contribution is 2.45. The van der Waals surface area contributed by atoms with Crippen LogP contribution in [0.2, 0.25) is 0 Å². The van der Waals surface area contributed by atoms with Gasteiger partial charge in [0.05, 0.1) is 5.41 Å². The van der Waals surface area contributed by atoms with E-state index in [1.165, 1.54) is 0 Å². The van der Waals surface area contributed by atoms with Gasteiger partial charge in [-0.05, 0) is 32.6 Å². The zero-order valence-corrected chi connectivity index (χ0v) is 9.34. The standard InChI is InChI=1S/C11H20N2O2/c1-10(4-6-15-7-5-10)13-9(14)11(8-12)2-3-11/h2-8,12H2,1H3,(H,13,14). The van der Waals surface area contributed by atoms with E-state index in [1.807, 2.05) is 0 Å². The second-order valence-electron chi connectivity index (χ2n) is 5.11. The maximum atomic E-state index is 12.0. The van der Waals surface area contributed by atoms with Crippen LogP contribution in [0, 0.1) is 5.41 Å². The van der Waals surface area contributed by atoms with Crippen LogP contribution in [-0.4, -0.2) is 31.2 Å². The maximum absolute atomic E-state index is 12.0. The van der Waals surface area contributed by atoms with Crippen LogP contribution in [-0.2, 0) is 9.53 Å². The molecule has 4 heteroatoms. The molecular formula is C11H20N2O2. The molecule has 1 aliphatic carbocycles. The average molecular weight is 212 g/mol. The van der Waals surface area contributed by atoms with Gasteiger partial charge in [-0.3, -0.25) is 4.79 Å². The molecule has 0 spiro atoms. The molecule has 1 amide bonds. The molecule has 2 fully saturated rings. The van der Waals surface area contributed by atoms with Gasteiger partial charge in [0.15, 0.2) is 0 Å². The first kappa shape index (κ1) is 10.9. The summed E-state index contributed by atoms with van der Waals surface area (Å²) in [5, 5.41) is 3.15. The molecule has 1 saturated heterocycles. The summed E-state index contributed by atoms with van der Waals surface area (Å²) in [5.74, 6) is 0.148. The van der Waals surface area contributed by atoms with E-state index < -0.39 is 0 Å². The van der Waals surface area contributed by atoms with E-state index in [0.717, 1.165) is 38.9 Å². The molecule has 2 rings (SSSR count). The van der Waals surface area contributed by atoms with Crippen LogP contribution in [0.15, 0.2) is 0 Å². The Morgan fingerprint density at radius 2 is 1.93 bits per heavy atom. The summed E-state index contributed by atoms with van der Waals surface area (Å²) in [6, 6.07) is 0. The fourth-order valence-electron chi connectivity index (χ4n) is 2.03. The summed E-state index contributed by atoms with van der Waals surface area (Å²) in [6.07, 6.45) is 3.70. The van der Waals surface area contributed by atoms with Crippen LogP contribution in [0.1, 0.15) is 32.6 Å². The molecule has 1 heterocycles. The first-order valence-electron chi connectivity index (χ1n) is 5.71. The monoisotopic (exact) mass is 212 g/mol. The van der Waals surface area contributed by atoms with Crippen LogP contribution < -0.4 is 11.1 Å². The van der Waals surface area contributed by atoms with Gasteiger partial charge in [0.2, 0.25) is 5.91 Å². The summed E-state index contributed by atoms with van der Waals surface area (Å²) in [4.78, 5) is 12.0. The van der Waals surface area contributed by atoms with E-state index in [0.29, 0.717) is 6.54 Å². The van der Waals surface area contributed by atoms with E-state index in [4.69, 9.17) is 10.5 Å². The molecule has 3 N–H and O–H groups in total. The topological polar surface area (TPSA) is 64.4 Å². The second kappa shape index (κ2) is 3.76. The summed E-state index contributed by atoms with van der Waals surface area (Å²) < 4.78 is 5.30. The van der Waals surface area contributed by atoms with Crippen molar-refractivity contribution < 1.29 is 9.53 Å². The van der Waals surface area contributed by atoms with Crippen molar-refractivity contribution >= 4 is 5.91 Å². The summed E-state index contributed by atoms with van der Waals surface area (Å²) in [6.45, 7) is 4.06. The zero-order chi connectivity index (χ0) is 10.9. The molecule has 0 aromatic heterocycles. The molecule has 0 bridgehead atoms. The van der Waals surface area contributed by atoms with Crippen LogP contribution >= 0.6 is 0 Å². The lowest BCUT2D eigenvalue weighted by Gasteiger charge is -2.35. The number of nitrogens with one attached hydrogen (secondary N) is 1. The fourth-order valence-corrected chi connectivity index (χ4v) is 2.03. The Bertz CT molecular complexity index is 255. The summed E-state index contributed by atoms with van der Waals surface area (Å²) in [5.41, 5.74) is 5.31. The van der Waals surface area contributed by atoms with Crippen molar-refractivity contribution in [2.24, 2.45) is 11.1 Å². The van der Waals surface area contributed by atoms with Gasteiger partial charge in [0.25, 0.3) is 0 Å². The van der Waals surface area contributed by atoms with Crippen molar-refractivity contribution in [3.8, 4) is 0 Å². The Hall–Kier alpha value is -0.610. The number of carbonyl (C=O) groups is 1. The Balaban J connectivity index is 1.93. The van der Waals surface area contributed by atoms with Gasteiger partial charge >= 0.3 is 0 Å². The van der Waals surface area contributed by atoms with Gasteiger partial charge in [0, 0.05) is 25.3 Å².